The second-order valence-corrected chi connectivity index (χ2v) is 6.61. The fraction of sp³-hybridized carbons (Fsp3) is 0.467. The highest BCUT2D eigenvalue weighted by Gasteiger charge is 2.36. The summed E-state index contributed by atoms with van der Waals surface area (Å²) in [7, 11) is 0. The quantitative estimate of drug-likeness (QED) is 0.840. The van der Waals surface area contributed by atoms with E-state index in [1.54, 1.807) is 18.2 Å². The monoisotopic (exact) mass is 336 g/mol. The molecule has 0 saturated heterocycles. The molecule has 0 bridgehead atoms. The highest BCUT2D eigenvalue weighted by molar-refractivity contribution is 9.10. The summed E-state index contributed by atoms with van der Waals surface area (Å²) in [5.41, 5.74) is 1.02. The topological polar surface area (TPSA) is 49.4 Å². The lowest BCUT2D eigenvalue weighted by molar-refractivity contribution is 0.0632. The van der Waals surface area contributed by atoms with Crippen LogP contribution in [0.1, 0.15) is 40.5 Å². The number of nitrogens with zero attached hydrogens (tertiary/aromatic N) is 1. The molecule has 1 unspecified atom stereocenters. The minimum absolute atomic E-state index is 0.171. The fourth-order valence-electron chi connectivity index (χ4n) is 2.46. The maximum absolute atomic E-state index is 12.3. The van der Waals surface area contributed by atoms with Gasteiger partial charge in [-0.25, -0.2) is 0 Å². The highest BCUT2D eigenvalue weighted by Crippen LogP contribution is 2.26. The predicted octanol–water partition coefficient (Wildman–Crippen LogP) is 2.43. The number of benzene rings is 1. The summed E-state index contributed by atoms with van der Waals surface area (Å²) in [5, 5.41) is 3.43. The molecule has 1 N–H and O–H groups in total. The second kappa shape index (κ2) is 5.30. The summed E-state index contributed by atoms with van der Waals surface area (Å²) in [5.74, 6) is -0.0819. The van der Waals surface area contributed by atoms with Crippen LogP contribution >= 0.6 is 15.9 Å². The Morgan fingerprint density at radius 2 is 2.00 bits per heavy atom. The van der Waals surface area contributed by atoms with Crippen LogP contribution in [0.2, 0.25) is 0 Å². The Morgan fingerprint density at radius 1 is 1.30 bits per heavy atom. The summed E-state index contributed by atoms with van der Waals surface area (Å²) in [4.78, 5) is 26.0. The zero-order chi connectivity index (χ0) is 14.3. The number of halogens is 1. The van der Waals surface area contributed by atoms with Gasteiger partial charge in [-0.3, -0.25) is 14.5 Å². The molecule has 1 atom stereocenters. The van der Waals surface area contributed by atoms with E-state index in [9.17, 15) is 9.59 Å². The predicted molar refractivity (Wildman–Crippen MR) is 79.7 cm³/mol. The molecular weight excluding hydrogens is 320 g/mol. The van der Waals surface area contributed by atoms with Gasteiger partial charge in [-0.15, -0.1) is 0 Å². The molecule has 1 heterocycles. The van der Waals surface area contributed by atoms with Crippen molar-refractivity contribution >= 4 is 27.7 Å². The molecule has 0 radical (unpaired) electrons. The molecule has 3 rings (SSSR count). The highest BCUT2D eigenvalue weighted by atomic mass is 79.9. The summed E-state index contributed by atoms with van der Waals surface area (Å²) in [6.45, 7) is 3.39. The van der Waals surface area contributed by atoms with E-state index in [1.165, 1.54) is 17.7 Å². The van der Waals surface area contributed by atoms with Crippen molar-refractivity contribution in [3.63, 3.8) is 0 Å². The van der Waals surface area contributed by atoms with E-state index in [1.807, 2.05) is 0 Å². The van der Waals surface area contributed by atoms with Crippen LogP contribution in [0.4, 0.5) is 0 Å². The average molecular weight is 337 g/mol. The molecule has 1 saturated carbocycles. The van der Waals surface area contributed by atoms with Gasteiger partial charge in [0.25, 0.3) is 11.8 Å². The molecule has 4 nitrogen and oxygen atoms in total. The van der Waals surface area contributed by atoms with E-state index < -0.39 is 0 Å². The minimum atomic E-state index is -0.176. The van der Waals surface area contributed by atoms with Crippen LogP contribution in [0.25, 0.3) is 0 Å². The Labute approximate surface area is 126 Å². The lowest BCUT2D eigenvalue weighted by Gasteiger charge is -2.19. The molecule has 2 amide bonds. The van der Waals surface area contributed by atoms with Crippen LogP contribution < -0.4 is 5.32 Å². The SMILES string of the molecule is CC(CNC1CC1)CN1C(=O)c2ccc(Br)cc2C1=O. The number of hydrogen-bond acceptors (Lipinski definition) is 3. The van der Waals surface area contributed by atoms with E-state index >= 15 is 0 Å². The van der Waals surface area contributed by atoms with Crippen LogP contribution in [-0.2, 0) is 0 Å². The number of fused-ring (bicyclic) bond motifs is 1. The molecule has 0 spiro atoms. The number of hydrogen-bond donors (Lipinski definition) is 1. The van der Waals surface area contributed by atoms with Crippen molar-refractivity contribution in [2.24, 2.45) is 5.92 Å². The van der Waals surface area contributed by atoms with E-state index in [0.717, 1.165) is 11.0 Å². The normalized spacial score (nSPS) is 19.4. The van der Waals surface area contributed by atoms with Crippen LogP contribution in [-0.4, -0.2) is 35.8 Å². The van der Waals surface area contributed by atoms with Crippen molar-refractivity contribution in [1.29, 1.82) is 0 Å². The smallest absolute Gasteiger partial charge is 0.261 e. The van der Waals surface area contributed by atoms with Gasteiger partial charge in [0.2, 0.25) is 0 Å². The van der Waals surface area contributed by atoms with Crippen LogP contribution in [0.15, 0.2) is 22.7 Å². The van der Waals surface area contributed by atoms with Crippen LogP contribution in [0, 0.1) is 5.92 Å². The first-order chi connectivity index (χ1) is 9.56. The molecule has 0 aromatic heterocycles. The Hall–Kier alpha value is -1.20. The molecule has 2 aliphatic rings. The van der Waals surface area contributed by atoms with Crippen molar-refractivity contribution in [2.45, 2.75) is 25.8 Å². The maximum atomic E-state index is 12.3. The van der Waals surface area contributed by atoms with E-state index in [-0.39, 0.29) is 17.7 Å². The number of carbonyl (C=O) groups excluding carboxylic acids is 2. The summed E-state index contributed by atoms with van der Waals surface area (Å²) >= 11 is 3.34. The third-order valence-corrected chi connectivity index (χ3v) is 4.25. The first kappa shape index (κ1) is 13.8. The van der Waals surface area contributed by atoms with Crippen molar-refractivity contribution in [1.82, 2.24) is 10.2 Å². The Balaban J connectivity index is 1.68. The van der Waals surface area contributed by atoms with Gasteiger partial charge >= 0.3 is 0 Å². The molecule has 20 heavy (non-hydrogen) atoms. The van der Waals surface area contributed by atoms with Gasteiger partial charge < -0.3 is 5.32 Å². The van der Waals surface area contributed by atoms with Crippen molar-refractivity contribution in [2.75, 3.05) is 13.1 Å². The van der Waals surface area contributed by atoms with Crippen molar-refractivity contribution < 1.29 is 9.59 Å². The second-order valence-electron chi connectivity index (χ2n) is 5.70. The molecule has 106 valence electrons. The van der Waals surface area contributed by atoms with Gasteiger partial charge in [0.05, 0.1) is 11.1 Å². The molecule has 5 heteroatoms. The first-order valence-electron chi connectivity index (χ1n) is 6.95. The Kier molecular flexibility index (Phi) is 3.65. The lowest BCUT2D eigenvalue weighted by atomic mass is 10.1. The largest absolute Gasteiger partial charge is 0.314 e. The summed E-state index contributed by atoms with van der Waals surface area (Å²) in [6, 6.07) is 5.89. The van der Waals surface area contributed by atoms with Crippen LogP contribution in [0.3, 0.4) is 0 Å². The molecular formula is C15H17BrN2O2. The van der Waals surface area contributed by atoms with E-state index in [2.05, 4.69) is 28.2 Å². The van der Waals surface area contributed by atoms with E-state index in [4.69, 9.17) is 0 Å². The number of imide groups is 1. The number of nitrogens with one attached hydrogen (secondary N) is 1. The Morgan fingerprint density at radius 3 is 2.70 bits per heavy atom. The number of rotatable bonds is 5. The van der Waals surface area contributed by atoms with Gasteiger partial charge in [-0.2, -0.15) is 0 Å². The first-order valence-corrected chi connectivity index (χ1v) is 7.74. The van der Waals surface area contributed by atoms with Crippen molar-refractivity contribution in [3.8, 4) is 0 Å². The van der Waals surface area contributed by atoms with Gasteiger partial charge in [0.1, 0.15) is 0 Å². The van der Waals surface area contributed by atoms with Gasteiger partial charge in [0.15, 0.2) is 0 Å². The van der Waals surface area contributed by atoms with Crippen molar-refractivity contribution in [3.05, 3.63) is 33.8 Å². The lowest BCUT2D eigenvalue weighted by Crippen LogP contribution is -2.37. The summed E-state index contributed by atoms with van der Waals surface area (Å²) < 4.78 is 0.822. The number of carbonyl (C=O) groups is 2. The Bertz CT molecular complexity index is 569. The minimum Gasteiger partial charge on any atom is -0.314 e. The molecule has 1 fully saturated rings. The molecule has 1 aliphatic heterocycles. The molecule has 1 aromatic carbocycles. The molecule has 1 aliphatic carbocycles. The standard InChI is InChI=1S/C15H17BrN2O2/c1-9(7-17-11-3-4-11)8-18-14(19)12-5-2-10(16)6-13(12)15(18)20/h2,5-6,9,11,17H,3-4,7-8H2,1H3. The maximum Gasteiger partial charge on any atom is 0.261 e. The average Bonchev–Trinajstić information content (AvgIpc) is 3.21. The van der Waals surface area contributed by atoms with E-state index in [0.29, 0.717) is 23.7 Å². The third-order valence-electron chi connectivity index (χ3n) is 3.76. The summed E-state index contributed by atoms with van der Waals surface area (Å²) in [6.07, 6.45) is 2.49. The van der Waals surface area contributed by atoms with Crippen LogP contribution in [0.5, 0.6) is 0 Å². The van der Waals surface area contributed by atoms with Gasteiger partial charge in [-0.05, 0) is 43.5 Å². The third kappa shape index (κ3) is 2.65. The number of amides is 2. The fourth-order valence-corrected chi connectivity index (χ4v) is 2.82. The zero-order valence-corrected chi connectivity index (χ0v) is 12.9. The van der Waals surface area contributed by atoms with Gasteiger partial charge in [-0.1, -0.05) is 22.9 Å². The molecule has 1 aromatic rings. The van der Waals surface area contributed by atoms with Gasteiger partial charge in [0, 0.05) is 17.1 Å². The zero-order valence-electron chi connectivity index (χ0n) is 11.4.